The van der Waals surface area contributed by atoms with Gasteiger partial charge >= 0.3 is 0 Å². The molecule has 1 amide bonds. The lowest BCUT2D eigenvalue weighted by molar-refractivity contribution is -0.140. The van der Waals surface area contributed by atoms with Crippen LogP contribution in [-0.2, 0) is 16.1 Å². The standard InChI is InChI=1S/C9H9N3O2/c13-8-2-4-12(9(8)14)5-7-1-3-10-6-11-7/h1,3,6H,2,4-5H2. The highest BCUT2D eigenvalue weighted by Crippen LogP contribution is 2.09. The topological polar surface area (TPSA) is 63.2 Å². The fourth-order valence-corrected chi connectivity index (χ4v) is 1.38. The molecular formula is C9H9N3O2. The highest BCUT2D eigenvalue weighted by atomic mass is 16.2. The van der Waals surface area contributed by atoms with E-state index in [4.69, 9.17) is 0 Å². The molecule has 1 fully saturated rings. The van der Waals surface area contributed by atoms with E-state index < -0.39 is 5.91 Å². The van der Waals surface area contributed by atoms with Crippen molar-refractivity contribution in [3.8, 4) is 0 Å². The van der Waals surface area contributed by atoms with Crippen LogP contribution in [-0.4, -0.2) is 33.1 Å². The fourth-order valence-electron chi connectivity index (χ4n) is 1.38. The van der Waals surface area contributed by atoms with E-state index >= 15 is 0 Å². The Balaban J connectivity index is 2.06. The van der Waals surface area contributed by atoms with E-state index in [2.05, 4.69) is 9.97 Å². The summed E-state index contributed by atoms with van der Waals surface area (Å²) < 4.78 is 0. The van der Waals surface area contributed by atoms with Gasteiger partial charge in [-0.1, -0.05) is 0 Å². The molecule has 1 aliphatic rings. The highest BCUT2D eigenvalue weighted by Gasteiger charge is 2.29. The Kier molecular flexibility index (Phi) is 2.22. The lowest BCUT2D eigenvalue weighted by Crippen LogP contribution is -2.27. The van der Waals surface area contributed by atoms with Gasteiger partial charge in [0.25, 0.3) is 5.91 Å². The first-order valence-corrected chi connectivity index (χ1v) is 4.34. The second kappa shape index (κ2) is 3.53. The van der Waals surface area contributed by atoms with Crippen LogP contribution in [0.1, 0.15) is 12.1 Å². The van der Waals surface area contributed by atoms with Crippen LogP contribution >= 0.6 is 0 Å². The zero-order valence-corrected chi connectivity index (χ0v) is 7.51. The summed E-state index contributed by atoms with van der Waals surface area (Å²) >= 11 is 0. The number of hydrogen-bond donors (Lipinski definition) is 0. The van der Waals surface area contributed by atoms with E-state index in [1.807, 2.05) is 0 Å². The van der Waals surface area contributed by atoms with Gasteiger partial charge in [-0.05, 0) is 6.07 Å². The average molecular weight is 191 g/mol. The first kappa shape index (κ1) is 8.80. The molecule has 1 aromatic heterocycles. The van der Waals surface area contributed by atoms with Crippen molar-refractivity contribution < 1.29 is 9.59 Å². The molecule has 1 aliphatic heterocycles. The molecule has 14 heavy (non-hydrogen) atoms. The van der Waals surface area contributed by atoms with Gasteiger partial charge in [0.1, 0.15) is 6.33 Å². The lowest BCUT2D eigenvalue weighted by atomic mass is 10.3. The maximum absolute atomic E-state index is 11.2. The second-order valence-electron chi connectivity index (χ2n) is 3.10. The summed E-state index contributed by atoms with van der Waals surface area (Å²) in [7, 11) is 0. The molecule has 0 aliphatic carbocycles. The van der Waals surface area contributed by atoms with Crippen LogP contribution in [0.25, 0.3) is 0 Å². The summed E-state index contributed by atoms with van der Waals surface area (Å²) in [6, 6.07) is 1.73. The van der Waals surface area contributed by atoms with Crippen molar-refractivity contribution >= 4 is 11.7 Å². The van der Waals surface area contributed by atoms with Crippen molar-refractivity contribution in [2.75, 3.05) is 6.54 Å². The number of nitrogens with zero attached hydrogens (tertiary/aromatic N) is 3. The molecule has 72 valence electrons. The largest absolute Gasteiger partial charge is 0.330 e. The molecule has 5 heteroatoms. The number of carbonyl (C=O) groups is 2. The third kappa shape index (κ3) is 1.61. The molecule has 0 aromatic carbocycles. The van der Waals surface area contributed by atoms with Crippen molar-refractivity contribution in [2.24, 2.45) is 0 Å². The fraction of sp³-hybridized carbons (Fsp3) is 0.333. The number of rotatable bonds is 2. The molecule has 5 nitrogen and oxygen atoms in total. The molecule has 1 saturated heterocycles. The zero-order valence-electron chi connectivity index (χ0n) is 7.51. The van der Waals surface area contributed by atoms with Gasteiger partial charge < -0.3 is 4.90 Å². The highest BCUT2D eigenvalue weighted by molar-refractivity contribution is 6.37. The van der Waals surface area contributed by atoms with Crippen molar-refractivity contribution in [1.29, 1.82) is 0 Å². The molecule has 1 aromatic rings. The Labute approximate surface area is 80.8 Å². The van der Waals surface area contributed by atoms with Gasteiger partial charge in [0.15, 0.2) is 0 Å². The van der Waals surface area contributed by atoms with E-state index in [0.29, 0.717) is 19.5 Å². The van der Waals surface area contributed by atoms with E-state index in [9.17, 15) is 9.59 Å². The normalized spacial score (nSPS) is 16.4. The molecule has 0 atom stereocenters. The second-order valence-corrected chi connectivity index (χ2v) is 3.10. The van der Waals surface area contributed by atoms with Crippen molar-refractivity contribution in [1.82, 2.24) is 14.9 Å². The van der Waals surface area contributed by atoms with Gasteiger partial charge in [0.2, 0.25) is 5.78 Å². The Morgan fingerprint density at radius 1 is 1.43 bits per heavy atom. The molecule has 2 heterocycles. The summed E-state index contributed by atoms with van der Waals surface area (Å²) in [4.78, 5) is 31.5. The number of amides is 1. The smallest absolute Gasteiger partial charge is 0.290 e. The summed E-state index contributed by atoms with van der Waals surface area (Å²) in [5.74, 6) is -0.706. The quantitative estimate of drug-likeness (QED) is 0.606. The van der Waals surface area contributed by atoms with Crippen LogP contribution in [0.4, 0.5) is 0 Å². The zero-order chi connectivity index (χ0) is 9.97. The van der Waals surface area contributed by atoms with Crippen LogP contribution in [0.15, 0.2) is 18.6 Å². The van der Waals surface area contributed by atoms with E-state index in [-0.39, 0.29) is 5.78 Å². The molecule has 0 bridgehead atoms. The maximum Gasteiger partial charge on any atom is 0.290 e. The predicted octanol–water partition coefficient (Wildman–Crippen LogP) is -0.222. The van der Waals surface area contributed by atoms with E-state index in [1.54, 1.807) is 12.3 Å². The molecule has 0 radical (unpaired) electrons. The van der Waals surface area contributed by atoms with Crippen molar-refractivity contribution in [2.45, 2.75) is 13.0 Å². The minimum Gasteiger partial charge on any atom is -0.330 e. The minimum atomic E-state index is -0.399. The molecular weight excluding hydrogens is 182 g/mol. The summed E-state index contributed by atoms with van der Waals surface area (Å²) in [5.41, 5.74) is 0.753. The Bertz CT molecular complexity index is 364. The number of ketones is 1. The average Bonchev–Trinajstić information content (AvgIpc) is 2.52. The van der Waals surface area contributed by atoms with Crippen LogP contribution in [0.2, 0.25) is 0 Å². The predicted molar refractivity (Wildman–Crippen MR) is 47.1 cm³/mol. The van der Waals surface area contributed by atoms with Gasteiger partial charge in [-0.3, -0.25) is 9.59 Å². The molecule has 0 spiro atoms. The first-order valence-electron chi connectivity index (χ1n) is 4.34. The number of likely N-dealkylation sites (tertiary alicyclic amines) is 1. The van der Waals surface area contributed by atoms with Crippen molar-refractivity contribution in [3.05, 3.63) is 24.3 Å². The van der Waals surface area contributed by atoms with Gasteiger partial charge in [0, 0.05) is 19.2 Å². The number of carbonyl (C=O) groups excluding carboxylic acids is 2. The van der Waals surface area contributed by atoms with Crippen LogP contribution in [0.3, 0.4) is 0 Å². The third-order valence-corrected chi connectivity index (χ3v) is 2.13. The van der Waals surface area contributed by atoms with Gasteiger partial charge in [0.05, 0.1) is 12.2 Å². The monoisotopic (exact) mass is 191 g/mol. The number of Topliss-reactive ketones (excluding diaryl/α,β-unsaturated/α-hetero) is 1. The van der Waals surface area contributed by atoms with Gasteiger partial charge in [-0.15, -0.1) is 0 Å². The number of aromatic nitrogens is 2. The van der Waals surface area contributed by atoms with E-state index in [0.717, 1.165) is 5.69 Å². The molecule has 0 N–H and O–H groups in total. The maximum atomic E-state index is 11.2. The van der Waals surface area contributed by atoms with Gasteiger partial charge in [-0.2, -0.15) is 0 Å². The SMILES string of the molecule is O=C1CCN(Cc2ccncn2)C1=O. The third-order valence-electron chi connectivity index (χ3n) is 2.13. The minimum absolute atomic E-state index is 0.306. The summed E-state index contributed by atoms with van der Waals surface area (Å²) in [6.45, 7) is 0.898. The van der Waals surface area contributed by atoms with Gasteiger partial charge in [-0.25, -0.2) is 9.97 Å². The molecule has 0 unspecified atom stereocenters. The lowest BCUT2D eigenvalue weighted by Gasteiger charge is -2.12. The Morgan fingerprint density at radius 3 is 2.86 bits per heavy atom. The Hall–Kier alpha value is -1.78. The van der Waals surface area contributed by atoms with Crippen LogP contribution < -0.4 is 0 Å². The Morgan fingerprint density at radius 2 is 2.29 bits per heavy atom. The molecule has 2 rings (SSSR count). The summed E-state index contributed by atoms with van der Waals surface area (Å²) in [5, 5.41) is 0. The van der Waals surface area contributed by atoms with Crippen LogP contribution in [0.5, 0.6) is 0 Å². The summed E-state index contributed by atoms with van der Waals surface area (Å²) in [6.07, 6.45) is 3.37. The van der Waals surface area contributed by atoms with E-state index in [1.165, 1.54) is 11.2 Å². The molecule has 0 saturated carbocycles. The van der Waals surface area contributed by atoms with Crippen molar-refractivity contribution in [3.63, 3.8) is 0 Å². The van der Waals surface area contributed by atoms with Crippen LogP contribution in [0, 0.1) is 0 Å². The number of hydrogen-bond acceptors (Lipinski definition) is 4. The first-order chi connectivity index (χ1) is 6.77.